The zero-order valence-corrected chi connectivity index (χ0v) is 17.4. The van der Waals surface area contributed by atoms with E-state index in [0.717, 1.165) is 50.1 Å². The van der Waals surface area contributed by atoms with Crippen LogP contribution in [0.4, 0.5) is 0 Å². The minimum Gasteiger partial charge on any atom is -0.496 e. The molecule has 0 saturated heterocycles. The van der Waals surface area contributed by atoms with Crippen molar-refractivity contribution in [2.75, 3.05) is 7.11 Å². The van der Waals surface area contributed by atoms with E-state index in [2.05, 4.69) is 20.5 Å². The van der Waals surface area contributed by atoms with Crippen LogP contribution in [-0.2, 0) is 6.54 Å². The largest absolute Gasteiger partial charge is 0.496 e. The van der Waals surface area contributed by atoms with Gasteiger partial charge in [0.2, 0.25) is 0 Å². The van der Waals surface area contributed by atoms with E-state index in [0.29, 0.717) is 17.3 Å². The smallest absolute Gasteiger partial charge is 0.141 e. The SMILES string of the molecule is COc1cc2c(cc1-c1c(C)noc1C)ncc1nnn(Cc3ccc(Cl)cc3)c12. The zero-order chi connectivity index (χ0) is 20.8. The first-order valence-corrected chi connectivity index (χ1v) is 9.80. The minimum atomic E-state index is 0.570. The summed E-state index contributed by atoms with van der Waals surface area (Å²) in [5.74, 6) is 1.45. The molecule has 0 spiro atoms. The highest BCUT2D eigenvalue weighted by Crippen LogP contribution is 2.38. The maximum atomic E-state index is 6.01. The van der Waals surface area contributed by atoms with Crippen molar-refractivity contribution < 1.29 is 9.26 Å². The van der Waals surface area contributed by atoms with E-state index >= 15 is 0 Å². The molecule has 2 aromatic carbocycles. The molecule has 0 bridgehead atoms. The highest BCUT2D eigenvalue weighted by Gasteiger charge is 2.19. The third-order valence-electron chi connectivity index (χ3n) is 5.21. The highest BCUT2D eigenvalue weighted by molar-refractivity contribution is 6.30. The molecule has 0 atom stereocenters. The van der Waals surface area contributed by atoms with Crippen LogP contribution < -0.4 is 4.74 Å². The summed E-state index contributed by atoms with van der Waals surface area (Å²) in [4.78, 5) is 4.61. The molecule has 30 heavy (non-hydrogen) atoms. The lowest BCUT2D eigenvalue weighted by Gasteiger charge is -2.11. The third-order valence-corrected chi connectivity index (χ3v) is 5.46. The molecule has 0 fully saturated rings. The first-order valence-electron chi connectivity index (χ1n) is 9.43. The van der Waals surface area contributed by atoms with Gasteiger partial charge in [0.25, 0.3) is 0 Å². The zero-order valence-electron chi connectivity index (χ0n) is 16.7. The topological polar surface area (TPSA) is 78.9 Å². The van der Waals surface area contributed by atoms with Crippen molar-refractivity contribution in [3.8, 4) is 16.9 Å². The highest BCUT2D eigenvalue weighted by atomic mass is 35.5. The quantitative estimate of drug-likeness (QED) is 0.409. The maximum Gasteiger partial charge on any atom is 0.141 e. The van der Waals surface area contributed by atoms with E-state index in [1.54, 1.807) is 13.3 Å². The van der Waals surface area contributed by atoms with Crippen LogP contribution in [0.25, 0.3) is 33.1 Å². The number of ether oxygens (including phenoxy) is 1. The van der Waals surface area contributed by atoms with Crippen molar-refractivity contribution in [3.05, 3.63) is 64.6 Å². The van der Waals surface area contributed by atoms with Gasteiger partial charge in [-0.3, -0.25) is 4.98 Å². The summed E-state index contributed by atoms with van der Waals surface area (Å²) in [5, 5.41) is 14.3. The fourth-order valence-electron chi connectivity index (χ4n) is 3.79. The van der Waals surface area contributed by atoms with Crippen LogP contribution >= 0.6 is 11.6 Å². The molecule has 0 aliphatic carbocycles. The molecule has 0 radical (unpaired) electrons. The molecule has 0 N–H and O–H groups in total. The molecule has 5 aromatic rings. The Morgan fingerprint density at radius 2 is 1.90 bits per heavy atom. The normalized spacial score (nSPS) is 11.5. The predicted molar refractivity (Wildman–Crippen MR) is 115 cm³/mol. The van der Waals surface area contributed by atoms with E-state index in [-0.39, 0.29) is 0 Å². The lowest BCUT2D eigenvalue weighted by molar-refractivity contribution is 0.393. The van der Waals surface area contributed by atoms with E-state index in [4.69, 9.17) is 20.9 Å². The number of hydrogen-bond donors (Lipinski definition) is 0. The number of pyridine rings is 1. The third kappa shape index (κ3) is 2.98. The van der Waals surface area contributed by atoms with Crippen LogP contribution in [0, 0.1) is 13.8 Å². The number of aryl methyl sites for hydroxylation is 2. The average Bonchev–Trinajstić information content (AvgIpc) is 3.31. The number of rotatable bonds is 4. The molecule has 0 amide bonds. The van der Waals surface area contributed by atoms with Gasteiger partial charge < -0.3 is 9.26 Å². The Bertz CT molecular complexity index is 1370. The summed E-state index contributed by atoms with van der Waals surface area (Å²) in [6.07, 6.45) is 1.74. The molecule has 0 unspecified atom stereocenters. The van der Waals surface area contributed by atoms with Crippen LogP contribution in [0.1, 0.15) is 17.0 Å². The van der Waals surface area contributed by atoms with Gasteiger partial charge in [-0.05, 0) is 43.7 Å². The Balaban J connectivity index is 1.71. The standard InChI is InChI=1S/C22H18ClN5O2/c1-12-21(13(2)30-26-12)17-8-18-16(9-20(17)29-3)22-19(10-24-18)25-27-28(22)11-14-4-6-15(23)7-5-14/h4-10H,11H2,1-3H3. The maximum absolute atomic E-state index is 6.01. The van der Waals surface area contributed by atoms with Gasteiger partial charge >= 0.3 is 0 Å². The van der Waals surface area contributed by atoms with Gasteiger partial charge in [-0.15, -0.1) is 5.10 Å². The molecular formula is C22H18ClN5O2. The molecule has 8 heteroatoms. The van der Waals surface area contributed by atoms with Gasteiger partial charge in [-0.25, -0.2) is 4.68 Å². The summed E-state index contributed by atoms with van der Waals surface area (Å²) in [6.45, 7) is 4.37. The van der Waals surface area contributed by atoms with Gasteiger partial charge in [0, 0.05) is 16.0 Å². The second-order valence-electron chi connectivity index (χ2n) is 7.13. The molecule has 0 aliphatic rings. The van der Waals surface area contributed by atoms with Crippen LogP contribution in [-0.4, -0.2) is 32.2 Å². The number of fused-ring (bicyclic) bond motifs is 3. The van der Waals surface area contributed by atoms with Crippen molar-refractivity contribution in [3.63, 3.8) is 0 Å². The molecule has 3 aromatic heterocycles. The first kappa shape index (κ1) is 18.6. The lowest BCUT2D eigenvalue weighted by Crippen LogP contribution is -2.02. The number of aromatic nitrogens is 5. The summed E-state index contributed by atoms with van der Waals surface area (Å²) in [6, 6.07) is 11.7. The van der Waals surface area contributed by atoms with Crippen LogP contribution in [0.2, 0.25) is 5.02 Å². The van der Waals surface area contributed by atoms with Crippen molar-refractivity contribution in [2.45, 2.75) is 20.4 Å². The average molecular weight is 420 g/mol. The molecule has 3 heterocycles. The van der Waals surface area contributed by atoms with Crippen molar-refractivity contribution >= 4 is 33.5 Å². The second kappa shape index (κ2) is 7.11. The summed E-state index contributed by atoms with van der Waals surface area (Å²) in [5.41, 5.74) is 6.14. The number of halogens is 1. The van der Waals surface area contributed by atoms with Gasteiger partial charge in [-0.2, -0.15) is 0 Å². The predicted octanol–water partition coefficient (Wildman–Crippen LogP) is 4.96. The van der Waals surface area contributed by atoms with Crippen molar-refractivity contribution in [1.29, 1.82) is 0 Å². The molecular weight excluding hydrogens is 402 g/mol. The number of benzene rings is 2. The van der Waals surface area contributed by atoms with Gasteiger partial charge in [0.05, 0.1) is 36.6 Å². The molecule has 5 rings (SSSR count). The van der Waals surface area contributed by atoms with E-state index in [9.17, 15) is 0 Å². The number of hydrogen-bond acceptors (Lipinski definition) is 6. The van der Waals surface area contributed by atoms with Gasteiger partial charge in [0.1, 0.15) is 22.5 Å². The van der Waals surface area contributed by atoms with Crippen LogP contribution in [0.3, 0.4) is 0 Å². The van der Waals surface area contributed by atoms with Crippen LogP contribution in [0.15, 0.2) is 47.1 Å². The minimum absolute atomic E-state index is 0.570. The molecule has 0 saturated carbocycles. The monoisotopic (exact) mass is 419 g/mol. The Morgan fingerprint density at radius 3 is 2.60 bits per heavy atom. The number of methoxy groups -OCH3 is 1. The van der Waals surface area contributed by atoms with Gasteiger partial charge in [-0.1, -0.05) is 34.1 Å². The Morgan fingerprint density at radius 1 is 1.10 bits per heavy atom. The van der Waals surface area contributed by atoms with Crippen molar-refractivity contribution in [1.82, 2.24) is 25.1 Å². The lowest BCUT2D eigenvalue weighted by atomic mass is 10.0. The molecule has 0 aliphatic heterocycles. The second-order valence-corrected chi connectivity index (χ2v) is 7.57. The summed E-state index contributed by atoms with van der Waals surface area (Å²) >= 11 is 6.01. The Hall–Kier alpha value is -3.45. The van der Waals surface area contributed by atoms with Crippen molar-refractivity contribution in [2.24, 2.45) is 0 Å². The summed E-state index contributed by atoms with van der Waals surface area (Å²) < 4.78 is 12.9. The van der Waals surface area contributed by atoms with E-state index < -0.39 is 0 Å². The Kier molecular flexibility index (Phi) is 4.40. The molecule has 150 valence electrons. The van der Waals surface area contributed by atoms with E-state index in [1.807, 2.05) is 54.9 Å². The summed E-state index contributed by atoms with van der Waals surface area (Å²) in [7, 11) is 1.65. The first-order chi connectivity index (χ1) is 14.5. The fourth-order valence-corrected chi connectivity index (χ4v) is 3.92. The number of nitrogens with zero attached hydrogens (tertiary/aromatic N) is 5. The molecule has 7 nitrogen and oxygen atoms in total. The fraction of sp³-hybridized carbons (Fsp3) is 0.182. The van der Waals surface area contributed by atoms with Crippen LogP contribution in [0.5, 0.6) is 5.75 Å². The van der Waals surface area contributed by atoms with Gasteiger partial charge in [0.15, 0.2) is 0 Å². The Labute approximate surface area is 177 Å². The van der Waals surface area contributed by atoms with E-state index in [1.165, 1.54) is 0 Å².